The molecule has 0 spiro atoms. The third-order valence-corrected chi connectivity index (χ3v) is 2.85. The van der Waals surface area contributed by atoms with Crippen molar-refractivity contribution in [3.8, 4) is 11.5 Å². The van der Waals surface area contributed by atoms with E-state index in [0.29, 0.717) is 6.61 Å². The van der Waals surface area contributed by atoms with E-state index in [2.05, 4.69) is 17.6 Å². The number of nitrogens with one attached hydrogen (secondary N) is 1. The summed E-state index contributed by atoms with van der Waals surface area (Å²) in [5, 5.41) is 3.37. The predicted octanol–water partition coefficient (Wildman–Crippen LogP) is 3.04. The number of ether oxygens (including phenoxy) is 2. The first-order chi connectivity index (χ1) is 9.22. The summed E-state index contributed by atoms with van der Waals surface area (Å²) in [5.41, 5.74) is 2.26. The van der Waals surface area contributed by atoms with E-state index in [-0.39, 0.29) is 0 Å². The van der Waals surface area contributed by atoms with Gasteiger partial charge in [-0.15, -0.1) is 0 Å². The Kier molecular flexibility index (Phi) is 4.34. The molecule has 0 atom stereocenters. The van der Waals surface area contributed by atoms with Gasteiger partial charge in [0.15, 0.2) is 11.5 Å². The van der Waals surface area contributed by atoms with Gasteiger partial charge in [-0.25, -0.2) is 0 Å². The molecule has 0 saturated carbocycles. The zero-order chi connectivity index (χ0) is 13.7. The quantitative estimate of drug-likeness (QED) is 0.867. The maximum absolute atomic E-state index is 5.49. The molecule has 4 heteroatoms. The van der Waals surface area contributed by atoms with E-state index in [1.54, 1.807) is 7.11 Å². The van der Waals surface area contributed by atoms with Crippen LogP contribution in [0.4, 0.5) is 5.69 Å². The number of hydrogen-bond acceptors (Lipinski definition) is 3. The van der Waals surface area contributed by atoms with Gasteiger partial charge in [0, 0.05) is 37.7 Å². The van der Waals surface area contributed by atoms with Crippen molar-refractivity contribution in [3.63, 3.8) is 0 Å². The molecule has 19 heavy (non-hydrogen) atoms. The summed E-state index contributed by atoms with van der Waals surface area (Å²) < 4.78 is 12.9. The Bertz CT molecular complexity index is 535. The van der Waals surface area contributed by atoms with Crippen LogP contribution in [0.1, 0.15) is 12.5 Å². The molecule has 0 saturated heterocycles. The highest BCUT2D eigenvalue weighted by atomic mass is 16.5. The van der Waals surface area contributed by atoms with Gasteiger partial charge in [0.05, 0.1) is 13.7 Å². The first kappa shape index (κ1) is 13.3. The fraction of sp³-hybridized carbons (Fsp3) is 0.333. The lowest BCUT2D eigenvalue weighted by Crippen LogP contribution is -2.00. The van der Waals surface area contributed by atoms with E-state index in [9.17, 15) is 0 Å². The number of aryl methyl sites for hydroxylation is 1. The Balaban J connectivity index is 2.04. The summed E-state index contributed by atoms with van der Waals surface area (Å²) in [6, 6.07) is 7.97. The molecule has 0 fully saturated rings. The average molecular weight is 260 g/mol. The molecule has 0 unspecified atom stereocenters. The van der Waals surface area contributed by atoms with Crippen molar-refractivity contribution in [2.24, 2.45) is 7.05 Å². The zero-order valence-electron chi connectivity index (χ0n) is 11.6. The van der Waals surface area contributed by atoms with Gasteiger partial charge < -0.3 is 19.4 Å². The summed E-state index contributed by atoms with van der Waals surface area (Å²) in [6.45, 7) is 3.38. The van der Waals surface area contributed by atoms with Crippen molar-refractivity contribution < 1.29 is 9.47 Å². The van der Waals surface area contributed by atoms with Crippen molar-refractivity contribution in [2.45, 2.75) is 13.5 Å². The van der Waals surface area contributed by atoms with Gasteiger partial charge in [-0.2, -0.15) is 0 Å². The van der Waals surface area contributed by atoms with E-state index in [4.69, 9.17) is 9.47 Å². The monoisotopic (exact) mass is 260 g/mol. The second-order valence-electron chi connectivity index (χ2n) is 4.34. The SMILES string of the molecule is CCOc1ccc(NCc2ccn(C)c2)cc1OC. The second-order valence-corrected chi connectivity index (χ2v) is 4.34. The molecule has 0 aliphatic heterocycles. The van der Waals surface area contributed by atoms with Crippen molar-refractivity contribution in [2.75, 3.05) is 19.0 Å². The lowest BCUT2D eigenvalue weighted by Gasteiger charge is -2.12. The lowest BCUT2D eigenvalue weighted by atomic mass is 10.2. The number of aromatic nitrogens is 1. The van der Waals surface area contributed by atoms with Crippen LogP contribution in [0.3, 0.4) is 0 Å². The summed E-state index contributed by atoms with van der Waals surface area (Å²) >= 11 is 0. The molecule has 0 aliphatic carbocycles. The van der Waals surface area contributed by atoms with E-state index in [1.807, 2.05) is 42.9 Å². The number of nitrogens with zero attached hydrogens (tertiary/aromatic N) is 1. The maximum Gasteiger partial charge on any atom is 0.162 e. The van der Waals surface area contributed by atoms with Crippen molar-refractivity contribution in [3.05, 3.63) is 42.2 Å². The largest absolute Gasteiger partial charge is 0.493 e. The van der Waals surface area contributed by atoms with Crippen molar-refractivity contribution in [1.82, 2.24) is 4.57 Å². The Morgan fingerprint density at radius 2 is 2.05 bits per heavy atom. The van der Waals surface area contributed by atoms with Gasteiger partial charge in [-0.1, -0.05) is 0 Å². The third kappa shape index (κ3) is 3.44. The normalized spacial score (nSPS) is 10.3. The Morgan fingerprint density at radius 1 is 1.21 bits per heavy atom. The van der Waals surface area contributed by atoms with E-state index < -0.39 is 0 Å². The Hall–Kier alpha value is -2.10. The summed E-state index contributed by atoms with van der Waals surface area (Å²) in [5.74, 6) is 1.52. The van der Waals surface area contributed by atoms with Crippen LogP contribution in [0.5, 0.6) is 11.5 Å². The molecule has 102 valence electrons. The van der Waals surface area contributed by atoms with Crippen LogP contribution >= 0.6 is 0 Å². The molecule has 0 bridgehead atoms. The molecule has 1 aromatic carbocycles. The first-order valence-electron chi connectivity index (χ1n) is 6.38. The highest BCUT2D eigenvalue weighted by Crippen LogP contribution is 2.30. The van der Waals surface area contributed by atoms with Crippen LogP contribution in [-0.2, 0) is 13.6 Å². The van der Waals surface area contributed by atoms with Crippen LogP contribution < -0.4 is 14.8 Å². The number of hydrogen-bond donors (Lipinski definition) is 1. The van der Waals surface area contributed by atoms with E-state index >= 15 is 0 Å². The van der Waals surface area contributed by atoms with Crippen LogP contribution in [0.15, 0.2) is 36.7 Å². The van der Waals surface area contributed by atoms with Gasteiger partial charge in [-0.3, -0.25) is 0 Å². The highest BCUT2D eigenvalue weighted by molar-refractivity contribution is 5.54. The number of benzene rings is 1. The van der Waals surface area contributed by atoms with Crippen LogP contribution in [0.25, 0.3) is 0 Å². The first-order valence-corrected chi connectivity index (χ1v) is 6.38. The van der Waals surface area contributed by atoms with E-state index in [0.717, 1.165) is 23.7 Å². The minimum Gasteiger partial charge on any atom is -0.493 e. The lowest BCUT2D eigenvalue weighted by molar-refractivity contribution is 0.311. The van der Waals surface area contributed by atoms with Crippen LogP contribution in [0.2, 0.25) is 0 Å². The minimum atomic E-state index is 0.632. The molecule has 2 rings (SSSR count). The summed E-state index contributed by atoms with van der Waals surface area (Å²) in [6.07, 6.45) is 4.13. The minimum absolute atomic E-state index is 0.632. The second kappa shape index (κ2) is 6.18. The fourth-order valence-electron chi connectivity index (χ4n) is 1.92. The summed E-state index contributed by atoms with van der Waals surface area (Å²) in [7, 11) is 3.67. The highest BCUT2D eigenvalue weighted by Gasteiger charge is 2.05. The fourth-order valence-corrected chi connectivity index (χ4v) is 1.92. The average Bonchev–Trinajstić information content (AvgIpc) is 2.83. The van der Waals surface area contributed by atoms with Gasteiger partial charge in [0.25, 0.3) is 0 Å². The van der Waals surface area contributed by atoms with Crippen molar-refractivity contribution >= 4 is 5.69 Å². The van der Waals surface area contributed by atoms with Crippen molar-refractivity contribution in [1.29, 1.82) is 0 Å². The topological polar surface area (TPSA) is 35.4 Å². The maximum atomic E-state index is 5.49. The van der Waals surface area contributed by atoms with Gasteiger partial charge >= 0.3 is 0 Å². The predicted molar refractivity (Wildman–Crippen MR) is 76.9 cm³/mol. The van der Waals surface area contributed by atoms with Gasteiger partial charge in [0.1, 0.15) is 0 Å². The molecular weight excluding hydrogens is 240 g/mol. The third-order valence-electron chi connectivity index (χ3n) is 2.85. The van der Waals surface area contributed by atoms with E-state index in [1.165, 1.54) is 5.56 Å². The summed E-state index contributed by atoms with van der Waals surface area (Å²) in [4.78, 5) is 0. The molecule has 1 N–H and O–H groups in total. The Morgan fingerprint density at radius 3 is 2.68 bits per heavy atom. The number of methoxy groups -OCH3 is 1. The zero-order valence-corrected chi connectivity index (χ0v) is 11.6. The Labute approximate surface area is 114 Å². The molecule has 1 aromatic heterocycles. The number of rotatable bonds is 6. The smallest absolute Gasteiger partial charge is 0.162 e. The molecule has 0 aliphatic rings. The van der Waals surface area contributed by atoms with Crippen LogP contribution in [0, 0.1) is 0 Å². The standard InChI is InChI=1S/C15H20N2O2/c1-4-19-14-6-5-13(9-15(14)18-3)16-10-12-7-8-17(2)11-12/h5-9,11,16H,4,10H2,1-3H3. The molecule has 2 aromatic rings. The molecule has 0 amide bonds. The van der Waals surface area contributed by atoms with Crippen LogP contribution in [-0.4, -0.2) is 18.3 Å². The van der Waals surface area contributed by atoms with Gasteiger partial charge in [-0.05, 0) is 30.7 Å². The molecule has 0 radical (unpaired) electrons. The number of anilines is 1. The molecule has 4 nitrogen and oxygen atoms in total. The van der Waals surface area contributed by atoms with Gasteiger partial charge in [0.2, 0.25) is 0 Å². The molecular formula is C15H20N2O2. The molecule has 1 heterocycles.